The molecule has 48 heavy (non-hydrogen) atoms. The molecular weight excluding hydrogens is 639 g/mol. The molecule has 2 aromatic heterocycles. The third-order valence-electron chi connectivity index (χ3n) is 9.51. The van der Waals surface area contributed by atoms with E-state index in [0.717, 1.165) is 29.1 Å². The van der Waals surface area contributed by atoms with E-state index in [2.05, 4.69) is 19.5 Å². The van der Waals surface area contributed by atoms with Crippen LogP contribution < -0.4 is 14.4 Å². The van der Waals surface area contributed by atoms with Crippen LogP contribution in [0.3, 0.4) is 0 Å². The Bertz CT molecular complexity index is 2000. The van der Waals surface area contributed by atoms with Crippen LogP contribution in [0.25, 0.3) is 11.0 Å². The molecule has 8 rings (SSSR count). The van der Waals surface area contributed by atoms with Crippen molar-refractivity contribution in [3.05, 3.63) is 101 Å². The van der Waals surface area contributed by atoms with Crippen LogP contribution >= 0.6 is 11.6 Å². The average molecular weight is 673 g/mol. The number of rotatable bonds is 8. The molecule has 0 radical (unpaired) electrons. The lowest BCUT2D eigenvalue weighted by atomic mass is 10.0. The van der Waals surface area contributed by atoms with Gasteiger partial charge in [0.15, 0.2) is 11.5 Å². The molecule has 0 spiro atoms. The number of piperazine rings is 1. The fourth-order valence-corrected chi connectivity index (χ4v) is 7.31. The Morgan fingerprint density at radius 3 is 2.75 bits per heavy atom. The second-order valence-electron chi connectivity index (χ2n) is 12.4. The summed E-state index contributed by atoms with van der Waals surface area (Å²) in [5.41, 5.74) is 3.32. The van der Waals surface area contributed by atoms with E-state index in [1.807, 2.05) is 47.3 Å². The number of carbonyl (C=O) groups excluding carboxylic acids is 1. The van der Waals surface area contributed by atoms with Gasteiger partial charge < -0.3 is 28.4 Å². The van der Waals surface area contributed by atoms with Gasteiger partial charge in [-0.3, -0.25) is 9.58 Å². The van der Waals surface area contributed by atoms with Gasteiger partial charge in [-0.2, -0.15) is 5.10 Å². The van der Waals surface area contributed by atoms with Crippen molar-refractivity contribution in [2.45, 2.75) is 44.4 Å². The van der Waals surface area contributed by atoms with Crippen molar-refractivity contribution in [1.82, 2.24) is 24.2 Å². The van der Waals surface area contributed by atoms with E-state index >= 15 is 4.39 Å². The highest BCUT2D eigenvalue weighted by Crippen LogP contribution is 2.51. The van der Waals surface area contributed by atoms with E-state index in [-0.39, 0.29) is 23.6 Å². The predicted octanol–water partition coefficient (Wildman–Crippen LogP) is 5.25. The number of anilines is 1. The Morgan fingerprint density at radius 1 is 1.06 bits per heavy atom. The van der Waals surface area contributed by atoms with Crippen LogP contribution in [0.5, 0.6) is 11.5 Å². The summed E-state index contributed by atoms with van der Waals surface area (Å²) in [6, 6.07) is 17.8. The van der Waals surface area contributed by atoms with Crippen LogP contribution in [-0.4, -0.2) is 75.7 Å². The summed E-state index contributed by atoms with van der Waals surface area (Å²) in [5, 5.41) is 4.68. The van der Waals surface area contributed by atoms with Gasteiger partial charge in [-0.25, -0.2) is 14.2 Å². The van der Waals surface area contributed by atoms with E-state index in [9.17, 15) is 4.79 Å². The van der Waals surface area contributed by atoms with Crippen LogP contribution in [0.4, 0.5) is 10.1 Å². The molecule has 13 heteroatoms. The number of imidazole rings is 1. The Kier molecular flexibility index (Phi) is 7.73. The van der Waals surface area contributed by atoms with E-state index in [0.29, 0.717) is 61.5 Å². The largest absolute Gasteiger partial charge is 0.465 e. The quantitative estimate of drug-likeness (QED) is 0.205. The lowest BCUT2D eigenvalue weighted by molar-refractivity contribution is -0.0705. The minimum atomic E-state index is -1.34. The molecule has 2 saturated heterocycles. The van der Waals surface area contributed by atoms with E-state index < -0.39 is 11.6 Å². The van der Waals surface area contributed by atoms with Crippen molar-refractivity contribution in [3.63, 3.8) is 0 Å². The minimum Gasteiger partial charge on any atom is -0.465 e. The van der Waals surface area contributed by atoms with Gasteiger partial charge in [0, 0.05) is 44.0 Å². The highest BCUT2D eigenvalue weighted by atomic mass is 35.5. The minimum absolute atomic E-state index is 0.0424. The molecule has 3 atom stereocenters. The molecule has 1 unspecified atom stereocenters. The number of esters is 1. The number of halogens is 2. The van der Waals surface area contributed by atoms with Gasteiger partial charge in [0.25, 0.3) is 5.79 Å². The van der Waals surface area contributed by atoms with Crippen molar-refractivity contribution in [3.8, 4) is 11.5 Å². The molecule has 0 bridgehead atoms. The molecule has 11 nitrogen and oxygen atoms in total. The maximum absolute atomic E-state index is 15.0. The van der Waals surface area contributed by atoms with Crippen LogP contribution in [0.1, 0.15) is 28.7 Å². The first-order valence-corrected chi connectivity index (χ1v) is 16.3. The number of hydrogen-bond donors (Lipinski definition) is 0. The van der Waals surface area contributed by atoms with Gasteiger partial charge in [0.2, 0.25) is 0 Å². The third-order valence-corrected chi connectivity index (χ3v) is 9.75. The predicted molar refractivity (Wildman–Crippen MR) is 176 cm³/mol. The summed E-state index contributed by atoms with van der Waals surface area (Å²) in [7, 11) is 1.38. The third kappa shape index (κ3) is 5.33. The number of para-hydroxylation sites is 1. The van der Waals surface area contributed by atoms with Gasteiger partial charge >= 0.3 is 5.97 Å². The zero-order valence-electron chi connectivity index (χ0n) is 26.5. The number of methoxy groups -OCH3 is 1. The van der Waals surface area contributed by atoms with Crippen LogP contribution in [0.2, 0.25) is 5.02 Å². The van der Waals surface area contributed by atoms with Crippen molar-refractivity contribution in [2.24, 2.45) is 0 Å². The molecular formula is C35H34ClFN6O5. The van der Waals surface area contributed by atoms with Crippen LogP contribution in [0.15, 0.2) is 73.1 Å². The number of carbonyl (C=O) groups is 1. The summed E-state index contributed by atoms with van der Waals surface area (Å²) >= 11 is 6.02. The molecule has 5 heterocycles. The van der Waals surface area contributed by atoms with Gasteiger partial charge in [0.1, 0.15) is 11.6 Å². The average Bonchev–Trinajstić information content (AvgIpc) is 3.89. The van der Waals surface area contributed by atoms with Crippen molar-refractivity contribution in [1.29, 1.82) is 0 Å². The van der Waals surface area contributed by atoms with Crippen molar-refractivity contribution in [2.75, 3.05) is 38.3 Å². The molecule has 3 aliphatic heterocycles. The molecule has 5 aromatic rings. The van der Waals surface area contributed by atoms with Crippen LogP contribution in [-0.2, 0) is 34.9 Å². The number of nitrogens with zero attached hydrogens (tertiary/aromatic N) is 6. The second-order valence-corrected chi connectivity index (χ2v) is 12.8. The monoisotopic (exact) mass is 672 g/mol. The fourth-order valence-electron chi connectivity index (χ4n) is 7.15. The van der Waals surface area contributed by atoms with Crippen LogP contribution in [0, 0.1) is 5.82 Å². The number of fused-ring (bicyclic) bond motifs is 3. The summed E-state index contributed by atoms with van der Waals surface area (Å²) < 4.78 is 42.8. The lowest BCUT2D eigenvalue weighted by Gasteiger charge is -2.44. The molecule has 0 amide bonds. The fraction of sp³-hybridized carbons (Fsp3) is 0.343. The molecule has 3 aliphatic rings. The zero-order valence-corrected chi connectivity index (χ0v) is 27.3. The maximum Gasteiger partial charge on any atom is 0.337 e. The SMILES string of the molecule is COC(=O)c1ccc2nc(CN3CCN(c4cccc5c4OC(C)(c4ccc(Cl)cc4F)O5)[C@@H]4COC[C@@H]43)n(CCn3cccn3)c2c1. The first-order valence-electron chi connectivity index (χ1n) is 15.9. The molecule has 2 fully saturated rings. The van der Waals surface area contributed by atoms with Gasteiger partial charge in [-0.1, -0.05) is 17.7 Å². The Hall–Kier alpha value is -4.65. The van der Waals surface area contributed by atoms with E-state index in [1.54, 1.807) is 31.3 Å². The molecule has 0 saturated carbocycles. The molecule has 0 N–H and O–H groups in total. The Morgan fingerprint density at radius 2 is 1.94 bits per heavy atom. The van der Waals surface area contributed by atoms with Gasteiger partial charge in [-0.05, 0) is 54.6 Å². The normalized spacial score (nSPS) is 22.0. The highest BCUT2D eigenvalue weighted by Gasteiger charge is 2.46. The smallest absolute Gasteiger partial charge is 0.337 e. The number of ether oxygens (including phenoxy) is 4. The summed E-state index contributed by atoms with van der Waals surface area (Å²) in [6.45, 7) is 6.16. The number of benzene rings is 3. The number of aryl methyl sites for hydroxylation is 2. The maximum atomic E-state index is 15.0. The van der Waals surface area contributed by atoms with Gasteiger partial charge in [0.05, 0.1) is 73.3 Å². The number of hydrogen-bond acceptors (Lipinski definition) is 9. The lowest BCUT2D eigenvalue weighted by Crippen LogP contribution is -2.59. The molecule has 0 aliphatic carbocycles. The Labute approximate surface area is 281 Å². The molecule has 3 aromatic carbocycles. The summed E-state index contributed by atoms with van der Waals surface area (Å²) in [4.78, 5) is 22.2. The second kappa shape index (κ2) is 12.1. The summed E-state index contributed by atoms with van der Waals surface area (Å²) in [5.74, 6) is -0.190. The molecule has 248 valence electrons. The van der Waals surface area contributed by atoms with E-state index in [1.165, 1.54) is 13.2 Å². The standard InChI is InChI=1S/C35H34ClFN6O5/c1-35(24-9-8-23(36)18-25(24)37)47-31-6-3-5-27(33(31)48-35)42-15-13-40(29-20-46-21-30(29)42)19-32-39-26-10-7-22(34(44)45-2)17-28(26)43(32)16-14-41-12-4-11-38-41/h3-12,17-18,29-30H,13-16,19-21H2,1-2H3/t29-,30+,35?/m0/s1. The summed E-state index contributed by atoms with van der Waals surface area (Å²) in [6.07, 6.45) is 3.69. The van der Waals surface area contributed by atoms with Crippen molar-refractivity contribution < 1.29 is 28.1 Å². The highest BCUT2D eigenvalue weighted by molar-refractivity contribution is 6.30. The van der Waals surface area contributed by atoms with Crippen molar-refractivity contribution >= 4 is 34.3 Å². The Balaban J connectivity index is 1.07. The topological polar surface area (TPSA) is 96.1 Å². The first-order chi connectivity index (χ1) is 23.3. The first kappa shape index (κ1) is 30.7. The zero-order chi connectivity index (χ0) is 33.0. The van der Waals surface area contributed by atoms with E-state index in [4.69, 9.17) is 35.5 Å². The van der Waals surface area contributed by atoms with Gasteiger partial charge in [-0.15, -0.1) is 0 Å². The number of aromatic nitrogens is 4.